The molecule has 2 nitrogen and oxygen atoms in total. The molecule has 1 heterocycles. The maximum atomic E-state index is 13.4. The molecule has 27 heavy (non-hydrogen) atoms. The molecule has 0 saturated heterocycles. The summed E-state index contributed by atoms with van der Waals surface area (Å²) in [7, 11) is 1.99. The summed E-state index contributed by atoms with van der Waals surface area (Å²) in [6.45, 7) is 0. The number of imidazole rings is 1. The largest absolute Gasteiger partial charge is 0.327 e. The van der Waals surface area contributed by atoms with Crippen LogP contribution in [-0.2, 0) is 7.05 Å². The zero-order valence-electron chi connectivity index (χ0n) is 14.5. The minimum atomic E-state index is -0.255. The highest BCUT2D eigenvalue weighted by molar-refractivity contribution is 9.10. The minimum absolute atomic E-state index is 0.255. The van der Waals surface area contributed by atoms with Crippen LogP contribution in [0.25, 0.3) is 33.9 Å². The summed E-state index contributed by atoms with van der Waals surface area (Å²) in [5.41, 5.74) is 4.89. The summed E-state index contributed by atoms with van der Waals surface area (Å²) in [6, 6.07) is 22.7. The van der Waals surface area contributed by atoms with Crippen molar-refractivity contribution >= 4 is 31.9 Å². The van der Waals surface area contributed by atoms with E-state index in [1.165, 1.54) is 12.1 Å². The third-order valence-electron chi connectivity index (χ3n) is 4.43. The fraction of sp³-hybridized carbons (Fsp3) is 0.0455. The third-order valence-corrected chi connectivity index (χ3v) is 5.49. The Balaban J connectivity index is 1.95. The lowest BCUT2D eigenvalue weighted by Gasteiger charge is -2.08. The van der Waals surface area contributed by atoms with Crippen LogP contribution >= 0.6 is 31.9 Å². The Bertz CT molecular complexity index is 1080. The normalized spacial score (nSPS) is 11.0. The minimum Gasteiger partial charge on any atom is -0.327 e. The van der Waals surface area contributed by atoms with E-state index in [1.807, 2.05) is 43.4 Å². The van der Waals surface area contributed by atoms with Crippen molar-refractivity contribution in [1.82, 2.24) is 9.55 Å². The zero-order chi connectivity index (χ0) is 19.0. The molecule has 0 bridgehead atoms. The molecule has 0 N–H and O–H groups in total. The average Bonchev–Trinajstić information content (AvgIpc) is 3.01. The van der Waals surface area contributed by atoms with Gasteiger partial charge < -0.3 is 4.57 Å². The molecular weight excluding hydrogens is 471 g/mol. The molecular formula is C22H15Br2FN2. The quantitative estimate of drug-likeness (QED) is 0.303. The van der Waals surface area contributed by atoms with Gasteiger partial charge in [0.15, 0.2) is 0 Å². The Kier molecular flexibility index (Phi) is 4.98. The molecule has 134 valence electrons. The molecule has 0 atom stereocenters. The number of nitrogens with zero attached hydrogens (tertiary/aromatic N) is 2. The third kappa shape index (κ3) is 3.62. The number of hydrogen-bond acceptors (Lipinski definition) is 1. The van der Waals surface area contributed by atoms with Gasteiger partial charge in [-0.15, -0.1) is 0 Å². The average molecular weight is 486 g/mol. The molecule has 0 aliphatic carbocycles. The highest BCUT2D eigenvalue weighted by atomic mass is 79.9. The van der Waals surface area contributed by atoms with Crippen molar-refractivity contribution in [2.75, 3.05) is 0 Å². The Morgan fingerprint density at radius 1 is 0.704 bits per heavy atom. The van der Waals surface area contributed by atoms with E-state index in [9.17, 15) is 4.39 Å². The number of benzene rings is 3. The van der Waals surface area contributed by atoms with Crippen LogP contribution in [0, 0.1) is 5.82 Å². The summed E-state index contributed by atoms with van der Waals surface area (Å²) in [6.07, 6.45) is 0. The molecule has 0 aliphatic heterocycles. The second-order valence-corrected chi connectivity index (χ2v) is 8.04. The lowest BCUT2D eigenvalue weighted by Crippen LogP contribution is -1.96. The summed E-state index contributed by atoms with van der Waals surface area (Å²) in [4.78, 5) is 4.92. The van der Waals surface area contributed by atoms with Crippen molar-refractivity contribution in [2.45, 2.75) is 0 Å². The number of rotatable bonds is 3. The van der Waals surface area contributed by atoms with Crippen LogP contribution in [0.3, 0.4) is 0 Å². The van der Waals surface area contributed by atoms with Gasteiger partial charge >= 0.3 is 0 Å². The maximum absolute atomic E-state index is 13.4. The lowest BCUT2D eigenvalue weighted by atomic mass is 10.0. The van der Waals surface area contributed by atoms with Gasteiger partial charge in [-0.2, -0.15) is 0 Å². The first kappa shape index (κ1) is 18.1. The molecule has 1 aromatic heterocycles. The van der Waals surface area contributed by atoms with Crippen LogP contribution in [0.4, 0.5) is 4.39 Å². The van der Waals surface area contributed by atoms with E-state index in [1.54, 1.807) is 12.1 Å². The Morgan fingerprint density at radius 3 is 1.74 bits per heavy atom. The Hall–Kier alpha value is -2.24. The second kappa shape index (κ2) is 7.41. The van der Waals surface area contributed by atoms with E-state index in [0.717, 1.165) is 42.8 Å². The van der Waals surface area contributed by atoms with Crippen LogP contribution in [0.1, 0.15) is 0 Å². The summed E-state index contributed by atoms with van der Waals surface area (Å²) < 4.78 is 17.5. The predicted molar refractivity (Wildman–Crippen MR) is 115 cm³/mol. The molecule has 0 amide bonds. The SMILES string of the molecule is Cn1c(-c2ccc(F)cc2)nc(-c2ccc(Br)cc2)c1-c1ccc(Br)cc1. The van der Waals surface area contributed by atoms with Crippen molar-refractivity contribution in [1.29, 1.82) is 0 Å². The molecule has 5 heteroatoms. The number of halogens is 3. The van der Waals surface area contributed by atoms with E-state index in [4.69, 9.17) is 4.98 Å². The molecule has 0 aliphatic rings. The van der Waals surface area contributed by atoms with Gasteiger partial charge in [-0.05, 0) is 48.5 Å². The van der Waals surface area contributed by atoms with Crippen LogP contribution in [0.15, 0.2) is 81.7 Å². The van der Waals surface area contributed by atoms with Gasteiger partial charge in [-0.25, -0.2) is 9.37 Å². The van der Waals surface area contributed by atoms with Gasteiger partial charge in [0.25, 0.3) is 0 Å². The molecule has 0 radical (unpaired) electrons. The molecule has 4 rings (SSSR count). The number of aromatic nitrogens is 2. The monoisotopic (exact) mass is 484 g/mol. The topological polar surface area (TPSA) is 17.8 Å². The smallest absolute Gasteiger partial charge is 0.140 e. The molecule has 0 fully saturated rings. The lowest BCUT2D eigenvalue weighted by molar-refractivity contribution is 0.628. The highest BCUT2D eigenvalue weighted by Gasteiger charge is 2.19. The van der Waals surface area contributed by atoms with Gasteiger partial charge in [0, 0.05) is 32.7 Å². The van der Waals surface area contributed by atoms with Crippen LogP contribution < -0.4 is 0 Å². The van der Waals surface area contributed by atoms with Gasteiger partial charge in [-0.3, -0.25) is 0 Å². The fourth-order valence-corrected chi connectivity index (χ4v) is 3.63. The summed E-state index contributed by atoms with van der Waals surface area (Å²) in [5.74, 6) is 0.542. The van der Waals surface area contributed by atoms with E-state index >= 15 is 0 Å². The van der Waals surface area contributed by atoms with Crippen molar-refractivity contribution in [3.05, 3.63) is 87.6 Å². The van der Waals surface area contributed by atoms with Crippen LogP contribution in [0.5, 0.6) is 0 Å². The van der Waals surface area contributed by atoms with E-state index in [2.05, 4.69) is 48.6 Å². The Morgan fingerprint density at radius 2 is 1.19 bits per heavy atom. The second-order valence-electron chi connectivity index (χ2n) is 6.21. The van der Waals surface area contributed by atoms with Gasteiger partial charge in [0.1, 0.15) is 11.6 Å². The van der Waals surface area contributed by atoms with Crippen LogP contribution in [-0.4, -0.2) is 9.55 Å². The van der Waals surface area contributed by atoms with Gasteiger partial charge in [-0.1, -0.05) is 56.1 Å². The number of hydrogen-bond donors (Lipinski definition) is 0. The zero-order valence-corrected chi connectivity index (χ0v) is 17.6. The summed E-state index contributed by atoms with van der Waals surface area (Å²) in [5, 5.41) is 0. The van der Waals surface area contributed by atoms with Crippen molar-refractivity contribution in [3.63, 3.8) is 0 Å². The first-order valence-corrected chi connectivity index (χ1v) is 9.96. The van der Waals surface area contributed by atoms with Gasteiger partial charge in [0.2, 0.25) is 0 Å². The van der Waals surface area contributed by atoms with Crippen LogP contribution in [0.2, 0.25) is 0 Å². The highest BCUT2D eigenvalue weighted by Crippen LogP contribution is 2.36. The van der Waals surface area contributed by atoms with E-state index in [-0.39, 0.29) is 5.82 Å². The molecule has 0 saturated carbocycles. The molecule has 4 aromatic rings. The molecule has 3 aromatic carbocycles. The van der Waals surface area contributed by atoms with E-state index < -0.39 is 0 Å². The van der Waals surface area contributed by atoms with Crippen molar-refractivity contribution in [3.8, 4) is 33.9 Å². The Labute approximate surface area is 174 Å². The first-order valence-electron chi connectivity index (χ1n) is 8.37. The molecule has 0 spiro atoms. The van der Waals surface area contributed by atoms with Crippen molar-refractivity contribution in [2.24, 2.45) is 7.05 Å². The van der Waals surface area contributed by atoms with E-state index in [0.29, 0.717) is 0 Å². The fourth-order valence-electron chi connectivity index (χ4n) is 3.10. The predicted octanol–water partition coefficient (Wildman–Crippen LogP) is 7.09. The standard InChI is InChI=1S/C22H15Br2FN2/c1-27-21(15-4-10-18(24)11-5-15)20(14-2-8-17(23)9-3-14)26-22(27)16-6-12-19(25)13-7-16/h2-13H,1H3. The summed E-state index contributed by atoms with van der Waals surface area (Å²) >= 11 is 6.98. The molecule has 0 unspecified atom stereocenters. The maximum Gasteiger partial charge on any atom is 0.140 e. The van der Waals surface area contributed by atoms with Gasteiger partial charge in [0.05, 0.1) is 11.4 Å². The van der Waals surface area contributed by atoms with Crippen molar-refractivity contribution < 1.29 is 4.39 Å². The first-order chi connectivity index (χ1) is 13.0.